The molecule has 0 fully saturated rings. The first-order chi connectivity index (χ1) is 14.0. The number of fused-ring (bicyclic) bond motifs is 1. The maximum atomic E-state index is 12.2. The number of benzene rings is 3. The first-order valence-electron chi connectivity index (χ1n) is 8.92. The molecule has 7 heteroatoms. The molecule has 3 aromatic rings. The molecule has 0 saturated heterocycles. The van der Waals surface area contributed by atoms with Crippen molar-refractivity contribution in [2.24, 2.45) is 0 Å². The molecule has 2 amide bonds. The van der Waals surface area contributed by atoms with E-state index >= 15 is 0 Å². The van der Waals surface area contributed by atoms with Crippen LogP contribution in [0.5, 0.6) is 5.75 Å². The number of rotatable bonds is 5. The van der Waals surface area contributed by atoms with Crippen LogP contribution in [-0.2, 0) is 9.53 Å². The Morgan fingerprint density at radius 3 is 2.31 bits per heavy atom. The standard InChI is InChI=1S/C22H20N2O5/c1-14(29-19-11-10-15-6-3-4-7-16(15)13-19)20(25)23-24-21(26)17-8-5-9-18(12-17)22(27)28-2/h3-14H,1-2H3,(H,23,25)(H,24,26). The quantitative estimate of drug-likeness (QED) is 0.514. The second-order valence-corrected chi connectivity index (χ2v) is 6.28. The maximum absolute atomic E-state index is 12.2. The van der Waals surface area contributed by atoms with Crippen molar-refractivity contribution in [2.75, 3.05) is 7.11 Å². The van der Waals surface area contributed by atoms with Crippen LogP contribution in [0.15, 0.2) is 66.7 Å². The molecule has 148 valence electrons. The fourth-order valence-electron chi connectivity index (χ4n) is 2.70. The number of hydrogen-bond acceptors (Lipinski definition) is 5. The number of hydrogen-bond donors (Lipinski definition) is 2. The smallest absolute Gasteiger partial charge is 0.337 e. The van der Waals surface area contributed by atoms with Crippen molar-refractivity contribution in [3.05, 3.63) is 77.9 Å². The average molecular weight is 392 g/mol. The van der Waals surface area contributed by atoms with Gasteiger partial charge in [-0.3, -0.25) is 20.4 Å². The molecule has 0 aromatic heterocycles. The normalized spacial score (nSPS) is 11.4. The Morgan fingerprint density at radius 1 is 0.828 bits per heavy atom. The van der Waals surface area contributed by atoms with Crippen LogP contribution in [0.4, 0.5) is 0 Å². The Hall–Kier alpha value is -3.87. The fraction of sp³-hybridized carbons (Fsp3) is 0.136. The van der Waals surface area contributed by atoms with Crippen molar-refractivity contribution in [3.63, 3.8) is 0 Å². The maximum Gasteiger partial charge on any atom is 0.337 e. The van der Waals surface area contributed by atoms with Crippen molar-refractivity contribution in [1.82, 2.24) is 10.9 Å². The molecule has 1 unspecified atom stereocenters. The van der Waals surface area contributed by atoms with E-state index < -0.39 is 23.9 Å². The van der Waals surface area contributed by atoms with Gasteiger partial charge in [0.25, 0.3) is 11.8 Å². The van der Waals surface area contributed by atoms with Crippen LogP contribution in [0.3, 0.4) is 0 Å². The molecule has 0 bridgehead atoms. The van der Waals surface area contributed by atoms with Gasteiger partial charge in [-0.15, -0.1) is 0 Å². The highest BCUT2D eigenvalue weighted by molar-refractivity contribution is 5.98. The number of methoxy groups -OCH3 is 1. The number of esters is 1. The van der Waals surface area contributed by atoms with Gasteiger partial charge in [-0.2, -0.15) is 0 Å². The van der Waals surface area contributed by atoms with Gasteiger partial charge in [0.1, 0.15) is 5.75 Å². The number of amides is 2. The molecule has 1 atom stereocenters. The summed E-state index contributed by atoms with van der Waals surface area (Å²) < 4.78 is 10.3. The summed E-state index contributed by atoms with van der Waals surface area (Å²) in [5.41, 5.74) is 5.07. The predicted octanol–water partition coefficient (Wildman–Crippen LogP) is 2.85. The minimum atomic E-state index is -0.835. The third-order valence-corrected chi connectivity index (χ3v) is 4.25. The minimum absolute atomic E-state index is 0.205. The topological polar surface area (TPSA) is 93.7 Å². The zero-order chi connectivity index (χ0) is 20.8. The monoisotopic (exact) mass is 392 g/mol. The molecule has 0 heterocycles. The molecule has 0 spiro atoms. The first-order valence-corrected chi connectivity index (χ1v) is 8.92. The molecule has 0 aliphatic heterocycles. The molecule has 29 heavy (non-hydrogen) atoms. The van der Waals surface area contributed by atoms with E-state index in [0.29, 0.717) is 5.75 Å². The van der Waals surface area contributed by atoms with E-state index in [2.05, 4.69) is 15.6 Å². The minimum Gasteiger partial charge on any atom is -0.481 e. The van der Waals surface area contributed by atoms with E-state index in [9.17, 15) is 14.4 Å². The molecule has 2 N–H and O–H groups in total. The summed E-state index contributed by atoms with van der Waals surface area (Å²) in [5.74, 6) is -1.10. The highest BCUT2D eigenvalue weighted by Gasteiger charge is 2.17. The summed E-state index contributed by atoms with van der Waals surface area (Å²) in [6, 6.07) is 19.3. The van der Waals surface area contributed by atoms with Crippen molar-refractivity contribution >= 4 is 28.6 Å². The van der Waals surface area contributed by atoms with Crippen LogP contribution in [0.2, 0.25) is 0 Å². The van der Waals surface area contributed by atoms with E-state index in [-0.39, 0.29) is 11.1 Å². The Morgan fingerprint density at radius 2 is 1.55 bits per heavy atom. The summed E-state index contributed by atoms with van der Waals surface area (Å²) >= 11 is 0. The third-order valence-electron chi connectivity index (χ3n) is 4.25. The number of ether oxygens (including phenoxy) is 2. The number of carbonyl (C=O) groups excluding carboxylic acids is 3. The van der Waals surface area contributed by atoms with Gasteiger partial charge in [0.15, 0.2) is 6.10 Å². The molecule has 0 aliphatic rings. The van der Waals surface area contributed by atoms with Gasteiger partial charge in [0, 0.05) is 5.56 Å². The van der Waals surface area contributed by atoms with Gasteiger partial charge in [-0.25, -0.2) is 4.79 Å². The summed E-state index contributed by atoms with van der Waals surface area (Å²) in [6.45, 7) is 1.58. The zero-order valence-electron chi connectivity index (χ0n) is 16.0. The summed E-state index contributed by atoms with van der Waals surface area (Å²) in [4.78, 5) is 36.0. The average Bonchev–Trinajstić information content (AvgIpc) is 2.76. The lowest BCUT2D eigenvalue weighted by atomic mass is 10.1. The van der Waals surface area contributed by atoms with Crippen molar-refractivity contribution in [2.45, 2.75) is 13.0 Å². The zero-order valence-corrected chi connectivity index (χ0v) is 16.0. The third kappa shape index (κ3) is 4.90. The molecule has 3 rings (SSSR count). The lowest BCUT2D eigenvalue weighted by Gasteiger charge is -2.15. The second-order valence-electron chi connectivity index (χ2n) is 6.28. The van der Waals surface area contributed by atoms with E-state index in [0.717, 1.165) is 10.8 Å². The van der Waals surface area contributed by atoms with Gasteiger partial charge in [0.05, 0.1) is 12.7 Å². The lowest BCUT2D eigenvalue weighted by molar-refractivity contribution is -0.128. The summed E-state index contributed by atoms with van der Waals surface area (Å²) in [7, 11) is 1.26. The van der Waals surface area contributed by atoms with Crippen LogP contribution >= 0.6 is 0 Å². The SMILES string of the molecule is COC(=O)c1cccc(C(=O)NNC(=O)C(C)Oc2ccc3ccccc3c2)c1. The molecule has 0 saturated carbocycles. The van der Waals surface area contributed by atoms with Gasteiger partial charge < -0.3 is 9.47 Å². The fourth-order valence-corrected chi connectivity index (χ4v) is 2.70. The van der Waals surface area contributed by atoms with Gasteiger partial charge in [-0.05, 0) is 48.0 Å². The van der Waals surface area contributed by atoms with Crippen molar-refractivity contribution in [1.29, 1.82) is 0 Å². The van der Waals surface area contributed by atoms with Crippen LogP contribution in [0, 0.1) is 0 Å². The number of nitrogens with one attached hydrogen (secondary N) is 2. The Labute approximate surface area is 167 Å². The van der Waals surface area contributed by atoms with Crippen LogP contribution in [0.1, 0.15) is 27.6 Å². The van der Waals surface area contributed by atoms with Crippen LogP contribution in [-0.4, -0.2) is 31.0 Å². The first kappa shape index (κ1) is 19.9. The van der Waals surface area contributed by atoms with Gasteiger partial charge in [0.2, 0.25) is 0 Å². The molecular weight excluding hydrogens is 372 g/mol. The highest BCUT2D eigenvalue weighted by Crippen LogP contribution is 2.21. The van der Waals surface area contributed by atoms with Crippen molar-refractivity contribution in [3.8, 4) is 5.75 Å². The number of carbonyl (C=O) groups is 3. The summed E-state index contributed by atoms with van der Waals surface area (Å²) in [6.07, 6.45) is -0.835. The molecule has 0 radical (unpaired) electrons. The highest BCUT2D eigenvalue weighted by atomic mass is 16.5. The van der Waals surface area contributed by atoms with Crippen LogP contribution < -0.4 is 15.6 Å². The predicted molar refractivity (Wildman–Crippen MR) is 107 cm³/mol. The molecule has 0 aliphatic carbocycles. The van der Waals surface area contributed by atoms with Gasteiger partial charge in [-0.1, -0.05) is 36.4 Å². The summed E-state index contributed by atoms with van der Waals surface area (Å²) in [5, 5.41) is 2.06. The van der Waals surface area contributed by atoms with E-state index in [1.165, 1.54) is 25.3 Å². The Kier molecular flexibility index (Phi) is 6.09. The van der Waals surface area contributed by atoms with Crippen molar-refractivity contribution < 1.29 is 23.9 Å². The Bertz CT molecular complexity index is 1060. The largest absolute Gasteiger partial charge is 0.481 e. The lowest BCUT2D eigenvalue weighted by Crippen LogP contribution is -2.47. The molecule has 3 aromatic carbocycles. The van der Waals surface area contributed by atoms with E-state index in [1.54, 1.807) is 19.1 Å². The number of hydrazine groups is 1. The van der Waals surface area contributed by atoms with E-state index in [1.807, 2.05) is 36.4 Å². The van der Waals surface area contributed by atoms with E-state index in [4.69, 9.17) is 4.74 Å². The van der Waals surface area contributed by atoms with Gasteiger partial charge >= 0.3 is 5.97 Å². The molecular formula is C22H20N2O5. The Balaban J connectivity index is 1.58. The van der Waals surface area contributed by atoms with Crippen LogP contribution in [0.25, 0.3) is 10.8 Å². The molecule has 7 nitrogen and oxygen atoms in total. The second kappa shape index (κ2) is 8.88.